The van der Waals surface area contributed by atoms with Crippen LogP contribution >= 0.6 is 11.8 Å². The quantitative estimate of drug-likeness (QED) is 0.610. The number of carbonyl (C=O) groups is 2. The fraction of sp³-hybridized carbons (Fsp3) is 0.412. The maximum atomic E-state index is 12.3. The summed E-state index contributed by atoms with van der Waals surface area (Å²) in [6.07, 6.45) is 7.87. The van der Waals surface area contributed by atoms with E-state index in [1.165, 1.54) is 18.9 Å². The van der Waals surface area contributed by atoms with Gasteiger partial charge >= 0.3 is 5.97 Å². The zero-order valence-corrected chi connectivity index (χ0v) is 14.3. The van der Waals surface area contributed by atoms with Crippen LogP contribution in [0.2, 0.25) is 0 Å². The number of fused-ring (bicyclic) bond motifs is 1. The lowest BCUT2D eigenvalue weighted by Crippen LogP contribution is -2.48. The van der Waals surface area contributed by atoms with Gasteiger partial charge in [-0.3, -0.25) is 9.69 Å². The summed E-state index contributed by atoms with van der Waals surface area (Å²) in [4.78, 5) is 25.8. The lowest BCUT2D eigenvalue weighted by molar-refractivity contribution is -0.145. The molecule has 0 aliphatic carbocycles. The van der Waals surface area contributed by atoms with Crippen molar-refractivity contribution >= 4 is 22.8 Å². The van der Waals surface area contributed by atoms with E-state index >= 15 is 0 Å². The largest absolute Gasteiger partial charge is 0.468 e. The molecule has 0 radical (unpaired) electrons. The standard InChI is InChI=1S/C17H22N2O3S/c1-4-5-6-13(18)11(2)16(17(21)22-3)19-8-7-14-12(10-19)9-15(20)23-14/h4-6,9,14,16H,2,7-8,10,18H2,1,3H3/b5-4-,13-6+/t14?,16-/m0/s1. The van der Waals surface area contributed by atoms with Crippen LogP contribution in [0, 0.1) is 0 Å². The van der Waals surface area contributed by atoms with Gasteiger partial charge in [0.05, 0.1) is 7.11 Å². The molecule has 0 bridgehead atoms. The summed E-state index contributed by atoms with van der Waals surface area (Å²) in [5, 5.41) is 0.328. The number of likely N-dealkylation sites (tertiary alicyclic amines) is 1. The minimum atomic E-state index is -0.635. The van der Waals surface area contributed by atoms with Crippen molar-refractivity contribution in [2.75, 3.05) is 20.2 Å². The number of methoxy groups -OCH3 is 1. The number of thioether (sulfide) groups is 1. The number of nitrogens with zero attached hydrogens (tertiary/aromatic N) is 1. The van der Waals surface area contributed by atoms with Crippen LogP contribution in [-0.2, 0) is 14.3 Å². The van der Waals surface area contributed by atoms with E-state index in [0.29, 0.717) is 24.4 Å². The monoisotopic (exact) mass is 334 g/mol. The van der Waals surface area contributed by atoms with Gasteiger partial charge in [0.1, 0.15) is 6.04 Å². The Morgan fingerprint density at radius 3 is 3.00 bits per heavy atom. The van der Waals surface area contributed by atoms with Crippen LogP contribution in [0.1, 0.15) is 13.3 Å². The zero-order valence-electron chi connectivity index (χ0n) is 13.5. The zero-order chi connectivity index (χ0) is 17.0. The summed E-state index contributed by atoms with van der Waals surface area (Å²) in [6, 6.07) is -0.635. The predicted octanol–water partition coefficient (Wildman–Crippen LogP) is 1.78. The first kappa shape index (κ1) is 17.6. The molecule has 2 atom stereocenters. The summed E-state index contributed by atoms with van der Waals surface area (Å²) < 4.78 is 4.94. The van der Waals surface area contributed by atoms with Crippen molar-refractivity contribution in [2.24, 2.45) is 5.73 Å². The Hall–Kier alpha value is -1.79. The number of hydrogen-bond acceptors (Lipinski definition) is 6. The maximum absolute atomic E-state index is 12.3. The lowest BCUT2D eigenvalue weighted by atomic mass is 9.97. The molecule has 2 rings (SSSR count). The number of nitrogens with two attached hydrogens (primary N) is 1. The molecule has 2 N–H and O–H groups in total. The van der Waals surface area contributed by atoms with Crippen molar-refractivity contribution < 1.29 is 14.3 Å². The molecule has 6 heteroatoms. The average Bonchev–Trinajstić information content (AvgIpc) is 2.91. The number of hydrogen-bond donors (Lipinski definition) is 1. The number of piperidine rings is 1. The Morgan fingerprint density at radius 1 is 1.61 bits per heavy atom. The second kappa shape index (κ2) is 7.66. The van der Waals surface area contributed by atoms with Crippen LogP contribution < -0.4 is 5.73 Å². The minimum Gasteiger partial charge on any atom is -0.468 e. The molecule has 23 heavy (non-hydrogen) atoms. The van der Waals surface area contributed by atoms with E-state index in [4.69, 9.17) is 10.5 Å². The van der Waals surface area contributed by atoms with E-state index < -0.39 is 6.04 Å². The first-order valence-corrected chi connectivity index (χ1v) is 8.36. The molecule has 1 fully saturated rings. The number of ether oxygens (including phenoxy) is 1. The Balaban J connectivity index is 2.22. The van der Waals surface area contributed by atoms with E-state index in [2.05, 4.69) is 6.58 Å². The number of allylic oxidation sites excluding steroid dienone is 3. The van der Waals surface area contributed by atoms with Gasteiger partial charge in [0.25, 0.3) is 0 Å². The molecule has 0 spiro atoms. The molecule has 0 aromatic heterocycles. The van der Waals surface area contributed by atoms with Gasteiger partial charge in [0.15, 0.2) is 0 Å². The van der Waals surface area contributed by atoms with E-state index in [1.54, 1.807) is 18.2 Å². The van der Waals surface area contributed by atoms with Gasteiger partial charge in [-0.1, -0.05) is 30.5 Å². The van der Waals surface area contributed by atoms with E-state index in [-0.39, 0.29) is 16.3 Å². The summed E-state index contributed by atoms with van der Waals surface area (Å²) in [5.74, 6) is -0.386. The van der Waals surface area contributed by atoms with E-state index in [0.717, 1.165) is 12.0 Å². The van der Waals surface area contributed by atoms with Crippen LogP contribution in [0.25, 0.3) is 0 Å². The molecular formula is C17H22N2O3S. The minimum absolute atomic E-state index is 0.0905. The molecule has 2 aliphatic rings. The second-order valence-corrected chi connectivity index (χ2v) is 6.71. The third-order valence-corrected chi connectivity index (χ3v) is 5.17. The van der Waals surface area contributed by atoms with Crippen molar-refractivity contribution in [3.05, 3.63) is 47.7 Å². The molecule has 1 unspecified atom stereocenters. The fourth-order valence-corrected chi connectivity index (χ4v) is 3.81. The third-order valence-electron chi connectivity index (χ3n) is 4.00. The molecule has 124 valence electrons. The van der Waals surface area contributed by atoms with Crippen molar-refractivity contribution in [2.45, 2.75) is 24.6 Å². The van der Waals surface area contributed by atoms with Gasteiger partial charge < -0.3 is 10.5 Å². The highest BCUT2D eigenvalue weighted by Gasteiger charge is 2.37. The molecule has 1 saturated heterocycles. The summed E-state index contributed by atoms with van der Waals surface area (Å²) in [7, 11) is 1.36. The topological polar surface area (TPSA) is 72.6 Å². The molecule has 0 aromatic carbocycles. The Bertz CT molecular complexity index is 607. The number of carbonyl (C=O) groups excluding carboxylic acids is 2. The highest BCUT2D eigenvalue weighted by atomic mass is 32.2. The fourth-order valence-electron chi connectivity index (χ4n) is 2.79. The van der Waals surface area contributed by atoms with Crippen LogP contribution in [0.15, 0.2) is 47.7 Å². The lowest BCUT2D eigenvalue weighted by Gasteiger charge is -2.36. The summed E-state index contributed by atoms with van der Waals surface area (Å²) in [6.45, 7) is 7.12. The van der Waals surface area contributed by atoms with E-state index in [1.807, 2.05) is 17.9 Å². The van der Waals surface area contributed by atoms with E-state index in [9.17, 15) is 9.59 Å². The van der Waals surface area contributed by atoms with Gasteiger partial charge in [-0.25, -0.2) is 4.79 Å². The third kappa shape index (κ3) is 3.95. The molecule has 5 nitrogen and oxygen atoms in total. The molecule has 0 saturated carbocycles. The molecular weight excluding hydrogens is 312 g/mol. The first-order chi connectivity index (χ1) is 11.0. The van der Waals surface area contributed by atoms with Crippen LogP contribution in [0.3, 0.4) is 0 Å². The van der Waals surface area contributed by atoms with Gasteiger partial charge in [-0.15, -0.1) is 0 Å². The van der Waals surface area contributed by atoms with Gasteiger partial charge in [0.2, 0.25) is 5.12 Å². The summed E-state index contributed by atoms with van der Waals surface area (Å²) >= 11 is 1.36. The predicted molar refractivity (Wildman–Crippen MR) is 92.7 cm³/mol. The Labute approximate surface area is 140 Å². The highest BCUT2D eigenvalue weighted by Crippen LogP contribution is 2.36. The number of esters is 1. The maximum Gasteiger partial charge on any atom is 0.327 e. The van der Waals surface area contributed by atoms with Gasteiger partial charge in [-0.05, 0) is 36.6 Å². The second-order valence-electron chi connectivity index (χ2n) is 5.50. The van der Waals surface area contributed by atoms with Crippen molar-refractivity contribution in [3.63, 3.8) is 0 Å². The molecule has 2 heterocycles. The van der Waals surface area contributed by atoms with Crippen molar-refractivity contribution in [3.8, 4) is 0 Å². The molecule has 0 amide bonds. The number of rotatable bonds is 5. The molecule has 0 aromatic rings. The highest BCUT2D eigenvalue weighted by molar-refractivity contribution is 8.15. The van der Waals surface area contributed by atoms with Crippen LogP contribution in [0.5, 0.6) is 0 Å². The van der Waals surface area contributed by atoms with Crippen molar-refractivity contribution in [1.29, 1.82) is 0 Å². The smallest absolute Gasteiger partial charge is 0.327 e. The van der Waals surface area contributed by atoms with Gasteiger partial charge in [0, 0.05) is 24.0 Å². The van der Waals surface area contributed by atoms with Crippen LogP contribution in [0.4, 0.5) is 0 Å². The first-order valence-electron chi connectivity index (χ1n) is 7.48. The average molecular weight is 334 g/mol. The van der Waals surface area contributed by atoms with Crippen molar-refractivity contribution in [1.82, 2.24) is 4.90 Å². The normalized spacial score (nSPS) is 23.6. The Kier molecular flexibility index (Phi) is 5.85. The summed E-state index contributed by atoms with van der Waals surface area (Å²) in [5.41, 5.74) is 8.06. The van der Waals surface area contributed by atoms with Crippen LogP contribution in [-0.4, -0.2) is 47.5 Å². The molecule has 2 aliphatic heterocycles. The van der Waals surface area contributed by atoms with Gasteiger partial charge in [-0.2, -0.15) is 0 Å². The Morgan fingerprint density at radius 2 is 2.35 bits per heavy atom. The SMILES string of the molecule is C=C(/C(N)=C\C=C/C)[C@@H](C(=O)OC)N1CCC2SC(=O)C=C2C1.